The average molecular weight is 296 g/mol. The van der Waals surface area contributed by atoms with Gasteiger partial charge in [-0.3, -0.25) is 4.79 Å². The smallest absolute Gasteiger partial charge is 0.217 e. The molecule has 0 aliphatic heterocycles. The molecular formula is C14H18ClN3O2. The number of methoxy groups -OCH3 is 1. The molecule has 0 atom stereocenters. The van der Waals surface area contributed by atoms with E-state index in [2.05, 4.69) is 9.55 Å². The summed E-state index contributed by atoms with van der Waals surface area (Å²) in [6.45, 7) is 0.706. The minimum Gasteiger partial charge on any atom is -0.497 e. The predicted octanol–water partition coefficient (Wildman–Crippen LogP) is 2.09. The molecule has 0 radical (unpaired) electrons. The van der Waals surface area contributed by atoms with Crippen LogP contribution in [0.5, 0.6) is 5.75 Å². The summed E-state index contributed by atoms with van der Waals surface area (Å²) in [7, 11) is 1.63. The van der Waals surface area contributed by atoms with Gasteiger partial charge in [0.05, 0.1) is 18.1 Å². The van der Waals surface area contributed by atoms with E-state index in [1.807, 2.05) is 18.2 Å². The first-order valence-corrected chi connectivity index (χ1v) is 7.06. The third kappa shape index (κ3) is 3.22. The van der Waals surface area contributed by atoms with Crippen LogP contribution in [-0.2, 0) is 17.8 Å². The number of alkyl halides is 1. The zero-order chi connectivity index (χ0) is 14.5. The molecule has 0 unspecified atom stereocenters. The number of aryl methyl sites for hydroxylation is 2. The Morgan fingerprint density at radius 3 is 2.95 bits per heavy atom. The fourth-order valence-corrected chi connectivity index (χ4v) is 2.39. The van der Waals surface area contributed by atoms with Crippen molar-refractivity contribution >= 4 is 28.5 Å². The number of nitrogens with zero attached hydrogens (tertiary/aromatic N) is 2. The van der Waals surface area contributed by atoms with E-state index in [-0.39, 0.29) is 5.91 Å². The van der Waals surface area contributed by atoms with Gasteiger partial charge in [-0.05, 0) is 18.6 Å². The van der Waals surface area contributed by atoms with Crippen LogP contribution in [0, 0.1) is 0 Å². The molecule has 2 N–H and O–H groups in total. The van der Waals surface area contributed by atoms with E-state index in [0.29, 0.717) is 31.7 Å². The van der Waals surface area contributed by atoms with Gasteiger partial charge >= 0.3 is 0 Å². The first kappa shape index (κ1) is 14.7. The van der Waals surface area contributed by atoms with Crippen molar-refractivity contribution in [1.82, 2.24) is 9.55 Å². The summed E-state index contributed by atoms with van der Waals surface area (Å²) in [5, 5.41) is 0. The second-order valence-corrected chi connectivity index (χ2v) is 4.92. The molecule has 0 bridgehead atoms. The van der Waals surface area contributed by atoms with E-state index in [4.69, 9.17) is 22.1 Å². The van der Waals surface area contributed by atoms with E-state index in [1.165, 1.54) is 0 Å². The molecule has 5 nitrogen and oxygen atoms in total. The molecular weight excluding hydrogens is 278 g/mol. The number of primary amides is 1. The second-order valence-electron chi connectivity index (χ2n) is 4.54. The molecule has 0 aliphatic rings. The fraction of sp³-hybridized carbons (Fsp3) is 0.429. The number of ether oxygens (including phenoxy) is 1. The van der Waals surface area contributed by atoms with E-state index in [9.17, 15) is 4.79 Å². The quantitative estimate of drug-likeness (QED) is 0.795. The molecule has 0 saturated carbocycles. The fourth-order valence-electron chi connectivity index (χ4n) is 2.22. The Kier molecular flexibility index (Phi) is 4.84. The lowest BCUT2D eigenvalue weighted by Crippen LogP contribution is -2.12. The molecule has 2 aromatic rings. The number of amides is 1. The largest absolute Gasteiger partial charge is 0.497 e. The van der Waals surface area contributed by atoms with Gasteiger partial charge in [0.15, 0.2) is 0 Å². The summed E-state index contributed by atoms with van der Waals surface area (Å²) >= 11 is 5.83. The summed E-state index contributed by atoms with van der Waals surface area (Å²) in [5.41, 5.74) is 7.08. The van der Waals surface area contributed by atoms with Crippen LogP contribution in [0.1, 0.15) is 18.7 Å². The van der Waals surface area contributed by atoms with Crippen molar-refractivity contribution in [3.05, 3.63) is 24.0 Å². The maximum Gasteiger partial charge on any atom is 0.217 e. The number of fused-ring (bicyclic) bond motifs is 1. The van der Waals surface area contributed by atoms with Gasteiger partial charge in [0.25, 0.3) is 0 Å². The molecule has 6 heteroatoms. The van der Waals surface area contributed by atoms with E-state index < -0.39 is 0 Å². The molecule has 1 amide bonds. The Morgan fingerprint density at radius 2 is 2.30 bits per heavy atom. The number of hydrogen-bond donors (Lipinski definition) is 1. The first-order chi connectivity index (χ1) is 9.65. The second kappa shape index (κ2) is 6.61. The van der Waals surface area contributed by atoms with Gasteiger partial charge in [-0.2, -0.15) is 0 Å². The van der Waals surface area contributed by atoms with Gasteiger partial charge in [0, 0.05) is 31.3 Å². The normalized spacial score (nSPS) is 10.9. The Bertz CT molecular complexity index is 610. The Balaban J connectivity index is 2.32. The standard InChI is InChI=1S/C14H18ClN3O2/c1-20-10-4-5-12-11(9-10)17-14(6-7-15)18(12)8-2-3-13(16)19/h4-5,9H,2-3,6-8H2,1H3,(H2,16,19). The molecule has 1 aromatic heterocycles. The average Bonchev–Trinajstić information content (AvgIpc) is 2.76. The van der Waals surface area contributed by atoms with Gasteiger partial charge in [-0.15, -0.1) is 11.6 Å². The van der Waals surface area contributed by atoms with Crippen LogP contribution in [0.2, 0.25) is 0 Å². The number of hydrogen-bond acceptors (Lipinski definition) is 3. The highest BCUT2D eigenvalue weighted by Gasteiger charge is 2.11. The van der Waals surface area contributed by atoms with Gasteiger partial charge in [0.2, 0.25) is 5.91 Å². The van der Waals surface area contributed by atoms with Crippen molar-refractivity contribution in [1.29, 1.82) is 0 Å². The zero-order valence-corrected chi connectivity index (χ0v) is 12.2. The molecule has 0 spiro atoms. The number of benzene rings is 1. The maximum absolute atomic E-state index is 10.8. The third-order valence-electron chi connectivity index (χ3n) is 3.16. The van der Waals surface area contributed by atoms with E-state index in [1.54, 1.807) is 7.11 Å². The van der Waals surface area contributed by atoms with Crippen molar-refractivity contribution in [3.8, 4) is 5.75 Å². The molecule has 0 aliphatic carbocycles. The van der Waals surface area contributed by atoms with Gasteiger partial charge in [-0.25, -0.2) is 4.98 Å². The first-order valence-electron chi connectivity index (χ1n) is 6.53. The Morgan fingerprint density at radius 1 is 1.50 bits per heavy atom. The minimum atomic E-state index is -0.282. The maximum atomic E-state index is 10.8. The van der Waals surface area contributed by atoms with E-state index >= 15 is 0 Å². The molecule has 1 heterocycles. The van der Waals surface area contributed by atoms with Gasteiger partial charge in [-0.1, -0.05) is 0 Å². The molecule has 0 saturated heterocycles. The highest BCUT2D eigenvalue weighted by Crippen LogP contribution is 2.22. The lowest BCUT2D eigenvalue weighted by Gasteiger charge is -2.08. The summed E-state index contributed by atoms with van der Waals surface area (Å²) < 4.78 is 7.30. The summed E-state index contributed by atoms with van der Waals surface area (Å²) in [6, 6.07) is 5.78. The van der Waals surface area contributed by atoms with Crippen LogP contribution in [0.4, 0.5) is 0 Å². The van der Waals surface area contributed by atoms with Crippen LogP contribution in [0.3, 0.4) is 0 Å². The van der Waals surface area contributed by atoms with Crippen molar-refractivity contribution in [2.45, 2.75) is 25.8 Å². The lowest BCUT2D eigenvalue weighted by molar-refractivity contribution is -0.118. The van der Waals surface area contributed by atoms with Gasteiger partial charge in [0.1, 0.15) is 11.6 Å². The molecule has 2 rings (SSSR count). The van der Waals surface area contributed by atoms with Crippen LogP contribution in [0.15, 0.2) is 18.2 Å². The third-order valence-corrected chi connectivity index (χ3v) is 3.35. The van der Waals surface area contributed by atoms with Gasteiger partial charge < -0.3 is 15.0 Å². The monoisotopic (exact) mass is 295 g/mol. The summed E-state index contributed by atoms with van der Waals surface area (Å²) in [6.07, 6.45) is 1.76. The van der Waals surface area contributed by atoms with Crippen LogP contribution >= 0.6 is 11.6 Å². The number of imidazole rings is 1. The summed E-state index contributed by atoms with van der Waals surface area (Å²) in [4.78, 5) is 15.4. The van der Waals surface area contributed by atoms with E-state index in [0.717, 1.165) is 22.6 Å². The highest BCUT2D eigenvalue weighted by molar-refractivity contribution is 6.17. The van der Waals surface area contributed by atoms with Crippen LogP contribution in [-0.4, -0.2) is 28.4 Å². The lowest BCUT2D eigenvalue weighted by atomic mass is 10.2. The SMILES string of the molecule is COc1ccc2c(c1)nc(CCCl)n2CCCC(N)=O. The van der Waals surface area contributed by atoms with Crippen molar-refractivity contribution in [2.75, 3.05) is 13.0 Å². The Hall–Kier alpha value is -1.75. The number of halogens is 1. The van der Waals surface area contributed by atoms with Crippen LogP contribution in [0.25, 0.3) is 11.0 Å². The number of nitrogens with two attached hydrogens (primary N) is 1. The highest BCUT2D eigenvalue weighted by atomic mass is 35.5. The number of rotatable bonds is 7. The van der Waals surface area contributed by atoms with Crippen molar-refractivity contribution in [2.24, 2.45) is 5.73 Å². The molecule has 1 aromatic carbocycles. The predicted molar refractivity (Wildman–Crippen MR) is 79.1 cm³/mol. The Labute approximate surface area is 122 Å². The number of aromatic nitrogens is 2. The van der Waals surface area contributed by atoms with Crippen molar-refractivity contribution < 1.29 is 9.53 Å². The van der Waals surface area contributed by atoms with Crippen LogP contribution < -0.4 is 10.5 Å². The number of carbonyl (C=O) groups is 1. The summed E-state index contributed by atoms with van der Waals surface area (Å²) in [5.74, 6) is 1.93. The molecule has 108 valence electrons. The van der Waals surface area contributed by atoms with Crippen molar-refractivity contribution in [3.63, 3.8) is 0 Å². The zero-order valence-electron chi connectivity index (χ0n) is 11.4. The molecule has 20 heavy (non-hydrogen) atoms. The number of carbonyl (C=O) groups excluding carboxylic acids is 1. The topological polar surface area (TPSA) is 70.1 Å². The molecule has 0 fully saturated rings. The minimum absolute atomic E-state index is 0.282.